The summed E-state index contributed by atoms with van der Waals surface area (Å²) in [5.74, 6) is 1.29. The fourth-order valence-electron chi connectivity index (χ4n) is 5.93. The number of halogens is 1. The zero-order valence-electron chi connectivity index (χ0n) is 19.5. The maximum atomic E-state index is 13.7. The van der Waals surface area contributed by atoms with Crippen molar-refractivity contribution in [3.05, 3.63) is 33.7 Å². The molecule has 0 radical (unpaired) electrons. The van der Waals surface area contributed by atoms with Gasteiger partial charge in [-0.15, -0.1) is 0 Å². The molecule has 6 rings (SSSR count). The molecule has 0 saturated carbocycles. The Bertz CT molecular complexity index is 1490. The molecule has 34 heavy (non-hydrogen) atoms. The van der Waals surface area contributed by atoms with Crippen LogP contribution < -0.4 is 20.9 Å². The number of hydrogen-bond donors (Lipinski definition) is 2. The fourth-order valence-corrected chi connectivity index (χ4v) is 6.27. The van der Waals surface area contributed by atoms with Gasteiger partial charge in [0.1, 0.15) is 5.65 Å². The van der Waals surface area contributed by atoms with E-state index in [9.17, 15) is 4.79 Å². The minimum Gasteiger partial charge on any atom is -0.481 e. The summed E-state index contributed by atoms with van der Waals surface area (Å²) >= 11 is 6.90. The molecule has 3 atom stereocenters. The maximum Gasteiger partial charge on any atom is 0.264 e. The van der Waals surface area contributed by atoms with Gasteiger partial charge in [-0.3, -0.25) is 9.36 Å². The van der Waals surface area contributed by atoms with Crippen molar-refractivity contribution in [1.82, 2.24) is 24.3 Å². The summed E-state index contributed by atoms with van der Waals surface area (Å²) < 4.78 is 9.04. The number of rotatable bonds is 4. The number of benzene rings is 1. The topological polar surface area (TPSA) is 107 Å². The summed E-state index contributed by atoms with van der Waals surface area (Å²) in [6.45, 7) is 2.66. The number of hydrogen-bond acceptors (Lipinski definition) is 6. The van der Waals surface area contributed by atoms with Crippen LogP contribution in [0.5, 0.6) is 5.88 Å². The Labute approximate surface area is 201 Å². The fraction of sp³-hybridized carbons (Fsp3) is 0.458. The lowest BCUT2D eigenvalue weighted by molar-refractivity contribution is 0.368. The quantitative estimate of drug-likeness (QED) is 0.462. The second kappa shape index (κ2) is 7.74. The number of H-pyrrole nitrogens is 1. The van der Waals surface area contributed by atoms with Gasteiger partial charge in [-0.1, -0.05) is 17.7 Å². The van der Waals surface area contributed by atoms with Gasteiger partial charge in [-0.05, 0) is 38.7 Å². The highest BCUT2D eigenvalue weighted by Crippen LogP contribution is 2.41. The number of fused-ring (bicyclic) bond motifs is 4. The second-order valence-electron chi connectivity index (χ2n) is 9.31. The molecule has 2 aliphatic heterocycles. The van der Waals surface area contributed by atoms with Crippen LogP contribution in [0, 0.1) is 0 Å². The number of nitrogens with one attached hydrogen (secondary N) is 1. The van der Waals surface area contributed by atoms with Gasteiger partial charge in [-0.25, -0.2) is 4.68 Å². The van der Waals surface area contributed by atoms with Gasteiger partial charge < -0.3 is 20.4 Å². The molecule has 2 aliphatic rings. The van der Waals surface area contributed by atoms with E-state index in [1.165, 1.54) is 6.42 Å². The molecular formula is C24H28ClN7O2. The lowest BCUT2D eigenvalue weighted by Crippen LogP contribution is -2.46. The normalized spacial score (nSPS) is 22.3. The number of ether oxygens (including phenoxy) is 1. The first-order valence-electron chi connectivity index (χ1n) is 11.8. The summed E-state index contributed by atoms with van der Waals surface area (Å²) in [6.07, 6.45) is 6.03. The molecule has 178 valence electrons. The molecule has 4 aromatic rings. The van der Waals surface area contributed by atoms with Crippen LogP contribution in [-0.2, 0) is 13.6 Å². The van der Waals surface area contributed by atoms with E-state index >= 15 is 0 Å². The van der Waals surface area contributed by atoms with Crippen LogP contribution in [0.4, 0.5) is 5.95 Å². The molecule has 3 N–H and O–H groups in total. The van der Waals surface area contributed by atoms with E-state index in [4.69, 9.17) is 27.1 Å². The van der Waals surface area contributed by atoms with Crippen molar-refractivity contribution in [2.45, 2.75) is 57.3 Å². The van der Waals surface area contributed by atoms with Gasteiger partial charge in [0.25, 0.3) is 5.56 Å². The SMILES string of the molecule is CCn1nc2ccc(-c3c[nH]c4nc(N5[C@H]6CCC[C@@H]5[C@H](N)C6)n(C)c(=O)c34)c(Cl)c2c1OC. The van der Waals surface area contributed by atoms with Crippen molar-refractivity contribution in [1.29, 1.82) is 0 Å². The third kappa shape index (κ3) is 2.86. The van der Waals surface area contributed by atoms with E-state index in [-0.39, 0.29) is 17.6 Å². The Morgan fingerprint density at radius 2 is 2.09 bits per heavy atom. The lowest BCUT2D eigenvalue weighted by Gasteiger charge is -2.36. The summed E-state index contributed by atoms with van der Waals surface area (Å²) in [5.41, 5.74) is 9.07. The van der Waals surface area contributed by atoms with E-state index in [1.807, 2.05) is 25.3 Å². The summed E-state index contributed by atoms with van der Waals surface area (Å²) in [6, 6.07) is 4.48. The minimum absolute atomic E-state index is 0.109. The first-order chi connectivity index (χ1) is 16.4. The first kappa shape index (κ1) is 21.5. The number of piperidine rings is 1. The van der Waals surface area contributed by atoms with E-state index < -0.39 is 0 Å². The van der Waals surface area contributed by atoms with E-state index in [2.05, 4.69) is 15.0 Å². The van der Waals surface area contributed by atoms with Crippen molar-refractivity contribution in [2.75, 3.05) is 12.0 Å². The molecule has 9 nitrogen and oxygen atoms in total. The Morgan fingerprint density at radius 1 is 1.26 bits per heavy atom. The van der Waals surface area contributed by atoms with Gasteiger partial charge in [0.2, 0.25) is 11.8 Å². The average molecular weight is 482 g/mol. The first-order valence-corrected chi connectivity index (χ1v) is 12.2. The number of nitrogens with two attached hydrogens (primary N) is 1. The summed E-state index contributed by atoms with van der Waals surface area (Å²) in [7, 11) is 3.40. The van der Waals surface area contributed by atoms with E-state index in [1.54, 1.807) is 23.4 Å². The van der Waals surface area contributed by atoms with Crippen molar-refractivity contribution < 1.29 is 4.74 Å². The highest BCUT2D eigenvalue weighted by Gasteiger charge is 2.43. The van der Waals surface area contributed by atoms with Gasteiger partial charge in [0, 0.05) is 49.0 Å². The van der Waals surface area contributed by atoms with Crippen LogP contribution in [0.3, 0.4) is 0 Å². The molecule has 0 amide bonds. The summed E-state index contributed by atoms with van der Waals surface area (Å²) in [4.78, 5) is 24.1. The smallest absolute Gasteiger partial charge is 0.264 e. The molecular weight excluding hydrogens is 454 g/mol. The Hall–Kier alpha value is -3.04. The molecule has 1 aromatic carbocycles. The molecule has 2 saturated heterocycles. The van der Waals surface area contributed by atoms with Crippen LogP contribution in [0.25, 0.3) is 33.1 Å². The average Bonchev–Trinajstić information content (AvgIpc) is 3.47. The van der Waals surface area contributed by atoms with Gasteiger partial charge >= 0.3 is 0 Å². The highest BCUT2D eigenvalue weighted by atomic mass is 35.5. The maximum absolute atomic E-state index is 13.7. The number of aromatic nitrogens is 5. The molecule has 2 fully saturated rings. The lowest BCUT2D eigenvalue weighted by atomic mass is 10.0. The minimum atomic E-state index is -0.109. The Balaban J connectivity index is 1.53. The van der Waals surface area contributed by atoms with Gasteiger partial charge in [0.05, 0.1) is 28.4 Å². The monoisotopic (exact) mass is 481 g/mol. The highest BCUT2D eigenvalue weighted by molar-refractivity contribution is 6.39. The second-order valence-corrected chi connectivity index (χ2v) is 9.69. The van der Waals surface area contributed by atoms with E-state index in [0.717, 1.165) is 35.7 Å². The molecule has 2 bridgehead atoms. The van der Waals surface area contributed by atoms with Crippen molar-refractivity contribution in [2.24, 2.45) is 12.8 Å². The molecule has 0 spiro atoms. The van der Waals surface area contributed by atoms with Crippen molar-refractivity contribution in [3.8, 4) is 17.0 Å². The third-order valence-corrected chi connectivity index (χ3v) is 7.92. The zero-order chi connectivity index (χ0) is 23.7. The zero-order valence-corrected chi connectivity index (χ0v) is 20.3. The standard InChI is InChI=1S/C24H28ClN7O2/c1-4-31-23(34-3)19-16(29-31)9-8-13(20(19)25)14-11-27-21-18(14)22(33)30(2)24(28-21)32-12-6-5-7-17(32)15(26)10-12/h8-9,11-12,15,17,27H,4-7,10,26H2,1-3H3/t12-,15+,17+/m0/s1. The van der Waals surface area contributed by atoms with Crippen LogP contribution in [0.15, 0.2) is 23.1 Å². The number of anilines is 1. The molecule has 5 heterocycles. The van der Waals surface area contributed by atoms with Crippen LogP contribution >= 0.6 is 11.6 Å². The predicted octanol–water partition coefficient (Wildman–Crippen LogP) is 3.42. The molecule has 0 unspecified atom stereocenters. The van der Waals surface area contributed by atoms with Crippen molar-refractivity contribution in [3.63, 3.8) is 0 Å². The third-order valence-electron chi connectivity index (χ3n) is 7.53. The van der Waals surface area contributed by atoms with Crippen molar-refractivity contribution >= 4 is 39.5 Å². The van der Waals surface area contributed by atoms with Gasteiger partial charge in [-0.2, -0.15) is 10.1 Å². The number of aryl methyl sites for hydroxylation is 1. The van der Waals surface area contributed by atoms with Crippen LogP contribution in [0.2, 0.25) is 5.02 Å². The number of methoxy groups -OCH3 is 1. The van der Waals surface area contributed by atoms with Gasteiger partial charge in [0.15, 0.2) is 0 Å². The molecule has 10 heteroatoms. The Morgan fingerprint density at radius 3 is 2.82 bits per heavy atom. The number of nitrogens with zero attached hydrogens (tertiary/aromatic N) is 5. The van der Waals surface area contributed by atoms with E-state index in [0.29, 0.717) is 46.0 Å². The Kier molecular flexibility index (Phi) is 4.90. The van der Waals surface area contributed by atoms with Crippen LogP contribution in [0.1, 0.15) is 32.6 Å². The van der Waals surface area contributed by atoms with Crippen LogP contribution in [-0.4, -0.2) is 49.6 Å². The number of aromatic amines is 1. The summed E-state index contributed by atoms with van der Waals surface area (Å²) in [5, 5.41) is 6.33. The molecule has 0 aliphatic carbocycles. The largest absolute Gasteiger partial charge is 0.481 e. The molecule has 3 aromatic heterocycles. The predicted molar refractivity (Wildman–Crippen MR) is 134 cm³/mol.